The molecule has 2 fully saturated rings. The third-order valence-corrected chi connectivity index (χ3v) is 5.55. The van der Waals surface area contributed by atoms with Crippen molar-refractivity contribution < 1.29 is 18.0 Å². The average molecular weight is 378 g/mol. The SMILES string of the molecule is Cc1c(C(=O)N2C3CCNCC2CC3)cnn1-c1cccc(C(F)(F)F)c1. The molecule has 1 N–H and O–H groups in total. The highest BCUT2D eigenvalue weighted by Crippen LogP contribution is 2.32. The molecular formula is C19H21F3N4O. The zero-order valence-electron chi connectivity index (χ0n) is 15.0. The zero-order chi connectivity index (χ0) is 19.2. The largest absolute Gasteiger partial charge is 0.416 e. The van der Waals surface area contributed by atoms with Gasteiger partial charge in [-0.1, -0.05) is 6.07 Å². The topological polar surface area (TPSA) is 50.2 Å². The van der Waals surface area contributed by atoms with E-state index in [0.29, 0.717) is 16.9 Å². The standard InChI is InChI=1S/C19H21F3N4O/c1-12-17(18(27)25-14-5-6-16(25)10-23-8-7-14)11-24-26(12)15-4-2-3-13(9-15)19(20,21)22/h2-4,9,11,14,16,23H,5-8,10H2,1H3. The Hall–Kier alpha value is -2.35. The predicted octanol–water partition coefficient (Wildman–Crippen LogP) is 3.17. The second kappa shape index (κ2) is 6.67. The third kappa shape index (κ3) is 3.22. The number of carbonyl (C=O) groups excluding carboxylic acids is 1. The van der Waals surface area contributed by atoms with Crippen LogP contribution in [0.15, 0.2) is 30.5 Å². The van der Waals surface area contributed by atoms with Gasteiger partial charge in [-0.15, -0.1) is 0 Å². The summed E-state index contributed by atoms with van der Waals surface area (Å²) in [6.45, 7) is 3.40. The molecule has 2 unspecified atom stereocenters. The van der Waals surface area contributed by atoms with Crippen LogP contribution in [-0.2, 0) is 6.18 Å². The fourth-order valence-corrected chi connectivity index (χ4v) is 4.15. The Balaban J connectivity index is 1.66. The molecule has 2 aliphatic heterocycles. The number of nitrogens with one attached hydrogen (secondary N) is 1. The Kier molecular flexibility index (Phi) is 4.46. The first-order chi connectivity index (χ1) is 12.9. The molecule has 2 aliphatic rings. The van der Waals surface area contributed by atoms with Crippen LogP contribution in [0.3, 0.4) is 0 Å². The van der Waals surface area contributed by atoms with Gasteiger partial charge in [-0.05, 0) is 50.9 Å². The van der Waals surface area contributed by atoms with Gasteiger partial charge in [-0.3, -0.25) is 4.79 Å². The average Bonchev–Trinajstić information content (AvgIpc) is 3.12. The Morgan fingerprint density at radius 1 is 1.22 bits per heavy atom. The molecule has 1 aromatic heterocycles. The number of benzene rings is 1. The predicted molar refractivity (Wildman–Crippen MR) is 93.8 cm³/mol. The summed E-state index contributed by atoms with van der Waals surface area (Å²) in [5.74, 6) is -0.0816. The highest BCUT2D eigenvalue weighted by Gasteiger charge is 2.39. The number of rotatable bonds is 2. The minimum absolute atomic E-state index is 0.0816. The first-order valence-electron chi connectivity index (χ1n) is 9.12. The van der Waals surface area contributed by atoms with Crippen LogP contribution in [0.2, 0.25) is 0 Å². The van der Waals surface area contributed by atoms with E-state index in [2.05, 4.69) is 10.4 Å². The summed E-state index contributed by atoms with van der Waals surface area (Å²) in [6, 6.07) is 5.37. The van der Waals surface area contributed by atoms with Gasteiger partial charge in [0.05, 0.1) is 28.7 Å². The van der Waals surface area contributed by atoms with Gasteiger partial charge in [0.2, 0.25) is 0 Å². The van der Waals surface area contributed by atoms with Crippen molar-refractivity contribution in [3.8, 4) is 5.69 Å². The quantitative estimate of drug-likeness (QED) is 0.873. The molecule has 0 saturated carbocycles. The first kappa shape index (κ1) is 18.0. The summed E-state index contributed by atoms with van der Waals surface area (Å²) in [5, 5.41) is 7.56. The van der Waals surface area contributed by atoms with Crippen molar-refractivity contribution in [2.75, 3.05) is 13.1 Å². The maximum absolute atomic E-state index is 13.2. The molecule has 1 aromatic carbocycles. The van der Waals surface area contributed by atoms with E-state index in [9.17, 15) is 18.0 Å². The van der Waals surface area contributed by atoms with Gasteiger partial charge in [0.1, 0.15) is 0 Å². The number of alkyl halides is 3. The van der Waals surface area contributed by atoms with Crippen molar-refractivity contribution in [1.29, 1.82) is 0 Å². The Labute approximate surface area is 155 Å². The normalized spacial score (nSPS) is 22.7. The van der Waals surface area contributed by atoms with Crippen molar-refractivity contribution in [3.63, 3.8) is 0 Å². The molecule has 2 aromatic rings. The van der Waals surface area contributed by atoms with Gasteiger partial charge in [0.25, 0.3) is 5.91 Å². The van der Waals surface area contributed by atoms with Crippen molar-refractivity contribution in [2.45, 2.75) is 44.4 Å². The van der Waals surface area contributed by atoms with Gasteiger partial charge >= 0.3 is 6.18 Å². The molecule has 3 heterocycles. The summed E-state index contributed by atoms with van der Waals surface area (Å²) >= 11 is 0. The molecule has 0 aliphatic carbocycles. The third-order valence-electron chi connectivity index (χ3n) is 5.55. The molecule has 2 atom stereocenters. The molecule has 4 rings (SSSR count). The van der Waals surface area contributed by atoms with Crippen LogP contribution >= 0.6 is 0 Å². The molecule has 27 heavy (non-hydrogen) atoms. The van der Waals surface area contributed by atoms with Crippen LogP contribution in [0.5, 0.6) is 0 Å². The summed E-state index contributed by atoms with van der Waals surface area (Å²) < 4.78 is 40.4. The van der Waals surface area contributed by atoms with E-state index in [0.717, 1.165) is 44.5 Å². The number of hydrogen-bond donors (Lipinski definition) is 1. The van der Waals surface area contributed by atoms with Crippen LogP contribution in [0.1, 0.15) is 40.9 Å². The van der Waals surface area contributed by atoms with E-state index >= 15 is 0 Å². The lowest BCUT2D eigenvalue weighted by Crippen LogP contribution is -2.42. The lowest BCUT2D eigenvalue weighted by Gasteiger charge is -2.27. The number of fused-ring (bicyclic) bond motifs is 2. The Bertz CT molecular complexity index is 847. The highest BCUT2D eigenvalue weighted by atomic mass is 19.4. The second-order valence-corrected chi connectivity index (χ2v) is 7.19. The number of hydrogen-bond acceptors (Lipinski definition) is 3. The van der Waals surface area contributed by atoms with E-state index < -0.39 is 11.7 Å². The van der Waals surface area contributed by atoms with Gasteiger partial charge in [0.15, 0.2) is 0 Å². The summed E-state index contributed by atoms with van der Waals surface area (Å²) in [4.78, 5) is 15.1. The highest BCUT2D eigenvalue weighted by molar-refractivity contribution is 5.96. The van der Waals surface area contributed by atoms with E-state index in [4.69, 9.17) is 0 Å². The van der Waals surface area contributed by atoms with Crippen LogP contribution < -0.4 is 5.32 Å². The van der Waals surface area contributed by atoms with Gasteiger partial charge < -0.3 is 10.2 Å². The molecule has 144 valence electrons. The molecular weight excluding hydrogens is 357 g/mol. The zero-order valence-corrected chi connectivity index (χ0v) is 15.0. The van der Waals surface area contributed by atoms with Crippen molar-refractivity contribution in [1.82, 2.24) is 20.0 Å². The van der Waals surface area contributed by atoms with Gasteiger partial charge in [-0.2, -0.15) is 18.3 Å². The molecule has 5 nitrogen and oxygen atoms in total. The maximum atomic E-state index is 13.2. The van der Waals surface area contributed by atoms with E-state index in [1.807, 2.05) is 4.90 Å². The molecule has 1 amide bonds. The molecule has 0 spiro atoms. The van der Waals surface area contributed by atoms with E-state index in [1.54, 1.807) is 13.0 Å². The number of nitrogens with zero attached hydrogens (tertiary/aromatic N) is 3. The van der Waals surface area contributed by atoms with Crippen molar-refractivity contribution in [2.24, 2.45) is 0 Å². The van der Waals surface area contributed by atoms with Gasteiger partial charge in [-0.25, -0.2) is 4.68 Å². The number of aromatic nitrogens is 2. The fourth-order valence-electron chi connectivity index (χ4n) is 4.15. The summed E-state index contributed by atoms with van der Waals surface area (Å²) in [5.41, 5.74) is 0.559. The minimum atomic E-state index is -4.42. The van der Waals surface area contributed by atoms with E-state index in [1.165, 1.54) is 16.9 Å². The molecule has 2 bridgehead atoms. The molecule has 0 radical (unpaired) electrons. The van der Waals surface area contributed by atoms with Gasteiger partial charge in [0, 0.05) is 18.6 Å². The number of carbonyl (C=O) groups is 1. The Morgan fingerprint density at radius 3 is 2.78 bits per heavy atom. The van der Waals surface area contributed by atoms with Crippen LogP contribution in [0.25, 0.3) is 5.69 Å². The lowest BCUT2D eigenvalue weighted by molar-refractivity contribution is -0.137. The number of halogens is 3. The smallest absolute Gasteiger partial charge is 0.331 e. The first-order valence-corrected chi connectivity index (χ1v) is 9.12. The summed E-state index contributed by atoms with van der Waals surface area (Å²) in [7, 11) is 0. The summed E-state index contributed by atoms with van der Waals surface area (Å²) in [6.07, 6.45) is -0.0597. The molecule has 2 saturated heterocycles. The van der Waals surface area contributed by atoms with Crippen LogP contribution in [-0.4, -0.2) is 45.8 Å². The lowest BCUT2D eigenvalue weighted by atomic mass is 10.1. The van der Waals surface area contributed by atoms with Crippen LogP contribution in [0.4, 0.5) is 13.2 Å². The van der Waals surface area contributed by atoms with Crippen LogP contribution in [0, 0.1) is 6.92 Å². The molecule has 8 heteroatoms. The van der Waals surface area contributed by atoms with E-state index in [-0.39, 0.29) is 18.0 Å². The monoisotopic (exact) mass is 378 g/mol. The second-order valence-electron chi connectivity index (χ2n) is 7.19. The van der Waals surface area contributed by atoms with Crippen molar-refractivity contribution in [3.05, 3.63) is 47.3 Å². The Morgan fingerprint density at radius 2 is 2.00 bits per heavy atom. The fraction of sp³-hybridized carbons (Fsp3) is 0.474. The number of amides is 1. The minimum Gasteiger partial charge on any atom is -0.331 e. The maximum Gasteiger partial charge on any atom is 0.416 e. The van der Waals surface area contributed by atoms with Crippen molar-refractivity contribution >= 4 is 5.91 Å².